The van der Waals surface area contributed by atoms with Gasteiger partial charge in [-0.1, -0.05) is 18.4 Å². The van der Waals surface area contributed by atoms with Crippen LogP contribution in [0.3, 0.4) is 0 Å². The number of phenols is 1. The number of fused-ring (bicyclic) bond motifs is 3. The van der Waals surface area contributed by atoms with Crippen molar-refractivity contribution < 1.29 is 42.7 Å². The van der Waals surface area contributed by atoms with Crippen molar-refractivity contribution >= 4 is 33.6 Å². The molecule has 15 heteroatoms. The molecule has 4 atom stereocenters. The molecule has 4 aromatic rings. The van der Waals surface area contributed by atoms with Gasteiger partial charge in [-0.15, -0.1) is 6.42 Å². The molecule has 0 bridgehead atoms. The first kappa shape index (κ1) is 40.7. The number of likely N-dealkylation sites (tertiary alicyclic amines) is 2. The van der Waals surface area contributed by atoms with Gasteiger partial charge in [-0.05, 0) is 88.9 Å². The number of amides is 1. The summed E-state index contributed by atoms with van der Waals surface area (Å²) in [5.74, 6) is 1.17. The lowest BCUT2D eigenvalue weighted by Gasteiger charge is -2.47. The van der Waals surface area contributed by atoms with Crippen LogP contribution in [0.15, 0.2) is 24.3 Å². The van der Waals surface area contributed by atoms with E-state index in [9.17, 15) is 15.0 Å². The van der Waals surface area contributed by atoms with Crippen LogP contribution < -0.4 is 14.4 Å². The Labute approximate surface area is 342 Å². The minimum absolute atomic E-state index is 0.0294. The number of methoxy groups -OCH3 is 1. The summed E-state index contributed by atoms with van der Waals surface area (Å²) in [6.45, 7) is 9.63. The number of aromatic hydroxyl groups is 1. The number of ether oxygens (including phenoxy) is 4. The van der Waals surface area contributed by atoms with Gasteiger partial charge in [0.1, 0.15) is 39.6 Å². The summed E-state index contributed by atoms with van der Waals surface area (Å²) in [4.78, 5) is 33.0. The first-order valence-corrected chi connectivity index (χ1v) is 20.5. The van der Waals surface area contributed by atoms with Gasteiger partial charge in [-0.3, -0.25) is 4.90 Å². The molecule has 1 amide bonds. The Bertz CT molecular complexity index is 2300. The Morgan fingerprint density at radius 2 is 1.92 bits per heavy atom. The Hall–Kier alpha value is -5.04. The maximum Gasteiger partial charge on any atom is 0.410 e. The van der Waals surface area contributed by atoms with Gasteiger partial charge >= 0.3 is 12.1 Å². The SMILES string of the molecule is C#Cc1c(F)ccc2cc(O)cc(-c3nc(OC)c4c(N5CCOC[C@@](C)(O)C5)nc(OC[C@]56CCC[C@H]5N(CC5CCN(C(=O)OC(C)C)C5)CCC6)nc4c3F)c12. The number of nitrogens with zero attached hydrogens (tertiary/aromatic N) is 6. The van der Waals surface area contributed by atoms with Crippen molar-refractivity contribution in [3.05, 3.63) is 41.5 Å². The number of benzene rings is 2. The number of phenolic OH excluding ortho intramolecular Hbond substituents is 1. The third-order valence-electron chi connectivity index (χ3n) is 12.4. The molecule has 0 spiro atoms. The summed E-state index contributed by atoms with van der Waals surface area (Å²) in [6, 6.07) is 5.56. The zero-order valence-corrected chi connectivity index (χ0v) is 34.1. The number of anilines is 1. The van der Waals surface area contributed by atoms with E-state index < -0.39 is 17.2 Å². The van der Waals surface area contributed by atoms with E-state index >= 15 is 8.78 Å². The van der Waals surface area contributed by atoms with Crippen LogP contribution in [0.1, 0.15) is 64.9 Å². The number of terminal acetylenes is 1. The number of β-amino-alcohol motifs (C(OH)–C–C–N with tert-alkyl or cyclic N) is 1. The van der Waals surface area contributed by atoms with Crippen LogP contribution in [0.4, 0.5) is 19.4 Å². The number of halogens is 2. The molecule has 5 heterocycles. The summed E-state index contributed by atoms with van der Waals surface area (Å²) in [6.07, 6.45) is 11.2. The van der Waals surface area contributed by atoms with Crippen LogP contribution in [0.25, 0.3) is 32.9 Å². The van der Waals surface area contributed by atoms with Crippen LogP contribution in [0, 0.1) is 35.3 Å². The fraction of sp³-hybridized carbons (Fsp3) is 0.545. The monoisotopic (exact) mass is 814 g/mol. The Morgan fingerprint density at radius 1 is 1.10 bits per heavy atom. The zero-order valence-electron chi connectivity index (χ0n) is 34.1. The first-order valence-electron chi connectivity index (χ1n) is 20.5. The number of rotatable bonds is 9. The van der Waals surface area contributed by atoms with E-state index in [1.807, 2.05) is 18.7 Å². The second-order valence-corrected chi connectivity index (χ2v) is 17.2. The van der Waals surface area contributed by atoms with E-state index in [1.54, 1.807) is 11.8 Å². The molecular weight excluding hydrogens is 763 g/mol. The smallest absolute Gasteiger partial charge is 0.410 e. The second kappa shape index (κ2) is 16.2. The highest BCUT2D eigenvalue weighted by Gasteiger charge is 2.49. The first-order chi connectivity index (χ1) is 28.3. The van der Waals surface area contributed by atoms with Gasteiger partial charge in [-0.2, -0.15) is 9.97 Å². The fourth-order valence-corrected chi connectivity index (χ4v) is 9.85. The summed E-state index contributed by atoms with van der Waals surface area (Å²) in [7, 11) is 1.39. The molecule has 1 aliphatic carbocycles. The minimum atomic E-state index is -1.27. The number of carbonyl (C=O) groups excluding carboxylic acids is 1. The zero-order chi connectivity index (χ0) is 41.6. The predicted molar refractivity (Wildman–Crippen MR) is 218 cm³/mol. The van der Waals surface area contributed by atoms with Crippen LogP contribution in [-0.2, 0) is 9.47 Å². The van der Waals surface area contributed by atoms with E-state index in [1.165, 1.54) is 31.4 Å². The van der Waals surface area contributed by atoms with Gasteiger partial charge in [0, 0.05) is 48.6 Å². The molecule has 59 heavy (non-hydrogen) atoms. The van der Waals surface area contributed by atoms with Crippen molar-refractivity contribution in [2.45, 2.75) is 77.0 Å². The summed E-state index contributed by atoms with van der Waals surface area (Å²) in [5, 5.41) is 22.7. The van der Waals surface area contributed by atoms with Gasteiger partial charge in [0.05, 0.1) is 45.1 Å². The van der Waals surface area contributed by atoms with Crippen molar-refractivity contribution in [2.75, 3.05) is 71.1 Å². The van der Waals surface area contributed by atoms with E-state index in [2.05, 4.69) is 15.8 Å². The number of aliphatic hydroxyl groups is 1. The highest BCUT2D eigenvalue weighted by atomic mass is 19.1. The molecule has 314 valence electrons. The molecule has 2 aromatic heterocycles. The maximum atomic E-state index is 17.4. The number of hydrogen-bond acceptors (Lipinski definition) is 12. The Balaban J connectivity index is 1.17. The quantitative estimate of drug-likeness (QED) is 0.184. The van der Waals surface area contributed by atoms with Gasteiger partial charge in [0.2, 0.25) is 5.88 Å². The number of carbonyl (C=O) groups is 1. The van der Waals surface area contributed by atoms with E-state index in [0.29, 0.717) is 37.5 Å². The Morgan fingerprint density at radius 3 is 2.69 bits per heavy atom. The van der Waals surface area contributed by atoms with E-state index in [4.69, 9.17) is 35.3 Å². The number of piperidine rings is 1. The van der Waals surface area contributed by atoms with Crippen LogP contribution >= 0.6 is 0 Å². The minimum Gasteiger partial charge on any atom is -0.508 e. The molecule has 8 rings (SSSR count). The average Bonchev–Trinajstić information content (AvgIpc) is 3.82. The Kier molecular flexibility index (Phi) is 11.2. The molecule has 2 aromatic carbocycles. The molecule has 3 aliphatic heterocycles. The molecule has 0 radical (unpaired) electrons. The van der Waals surface area contributed by atoms with Crippen LogP contribution in [0.2, 0.25) is 0 Å². The topological polar surface area (TPSA) is 143 Å². The van der Waals surface area contributed by atoms with Crippen LogP contribution in [0.5, 0.6) is 17.6 Å². The van der Waals surface area contributed by atoms with Gasteiger partial charge in [0.15, 0.2) is 5.82 Å². The van der Waals surface area contributed by atoms with Crippen molar-refractivity contribution in [1.29, 1.82) is 0 Å². The number of aromatic nitrogens is 3. The lowest BCUT2D eigenvalue weighted by molar-refractivity contribution is -0.0123. The standard InChI is InChI=1S/C44H52F2N6O7/c1-6-30-32(45)11-10-28-19-29(53)20-31(34(28)30)37-36(46)38-35(40(47-37)56-5)39(52-17-18-57-24-43(4,55)23-52)49-41(48-38)58-25-44-13-7-9-33(44)50(15-8-14-44)21-27-12-16-51(22-27)42(54)59-26(2)3/h1,10-11,19-20,26-27,33,53,55H,7-9,12-18,21-25H2,2-5H3/t27?,33-,43+,44-/m1/s1. The number of pyridine rings is 1. The van der Waals surface area contributed by atoms with Gasteiger partial charge in [-0.25, -0.2) is 18.6 Å². The molecule has 1 unspecified atom stereocenters. The lowest BCUT2D eigenvalue weighted by atomic mass is 9.75. The predicted octanol–water partition coefficient (Wildman–Crippen LogP) is 6.29. The highest BCUT2D eigenvalue weighted by molar-refractivity contribution is 6.04. The van der Waals surface area contributed by atoms with Crippen molar-refractivity contribution in [1.82, 2.24) is 24.8 Å². The molecule has 13 nitrogen and oxygen atoms in total. The summed E-state index contributed by atoms with van der Waals surface area (Å²) < 4.78 is 56.1. The molecule has 2 N–H and O–H groups in total. The van der Waals surface area contributed by atoms with E-state index in [-0.39, 0.29) is 100.0 Å². The average molecular weight is 815 g/mol. The van der Waals surface area contributed by atoms with Crippen molar-refractivity contribution in [3.8, 4) is 41.2 Å². The molecule has 4 fully saturated rings. The van der Waals surface area contributed by atoms with Gasteiger partial charge < -0.3 is 39.0 Å². The highest BCUT2D eigenvalue weighted by Crippen LogP contribution is 2.49. The third kappa shape index (κ3) is 7.90. The molecule has 4 aliphatic rings. The van der Waals surface area contributed by atoms with E-state index in [0.717, 1.165) is 51.6 Å². The number of hydrogen-bond donors (Lipinski definition) is 2. The second-order valence-electron chi connectivity index (χ2n) is 17.2. The molecular formula is C44H52F2N6O7. The normalized spacial score (nSPS) is 25.0. The van der Waals surface area contributed by atoms with Crippen LogP contribution in [-0.4, -0.2) is 125 Å². The summed E-state index contributed by atoms with van der Waals surface area (Å²) >= 11 is 0. The summed E-state index contributed by atoms with van der Waals surface area (Å²) in [5.41, 5.74) is -1.95. The fourth-order valence-electron chi connectivity index (χ4n) is 9.85. The molecule has 1 saturated carbocycles. The lowest BCUT2D eigenvalue weighted by Crippen LogP contribution is -2.53. The van der Waals surface area contributed by atoms with Gasteiger partial charge in [0.25, 0.3) is 0 Å². The van der Waals surface area contributed by atoms with Crippen molar-refractivity contribution in [3.63, 3.8) is 0 Å². The molecule has 3 saturated heterocycles. The third-order valence-corrected chi connectivity index (χ3v) is 12.4. The largest absolute Gasteiger partial charge is 0.508 e. The maximum absolute atomic E-state index is 17.4. The van der Waals surface area contributed by atoms with Crippen molar-refractivity contribution in [2.24, 2.45) is 11.3 Å².